The zero-order valence-corrected chi connectivity index (χ0v) is 15.2. The molecule has 0 amide bonds. The average Bonchev–Trinajstić information content (AvgIpc) is 3.00. The van der Waals surface area contributed by atoms with E-state index in [-0.39, 0.29) is 35.0 Å². The minimum atomic E-state index is -0.0437. The van der Waals surface area contributed by atoms with Gasteiger partial charge in [0.2, 0.25) is 0 Å². The Hall–Kier alpha value is -0.0800. The fourth-order valence-electron chi connectivity index (χ4n) is 2.61. The van der Waals surface area contributed by atoms with Crippen molar-refractivity contribution in [1.82, 2.24) is 10.6 Å². The van der Waals surface area contributed by atoms with E-state index in [2.05, 4.69) is 29.5 Å². The van der Waals surface area contributed by atoms with Gasteiger partial charge in [-0.3, -0.25) is 4.99 Å². The number of nitrogens with one attached hydrogen (secondary N) is 2. The molecule has 0 aliphatic carbocycles. The van der Waals surface area contributed by atoms with Crippen LogP contribution < -0.4 is 10.6 Å². The molecule has 0 aromatic heterocycles. The normalized spacial score (nSPS) is 33.9. The maximum Gasteiger partial charge on any atom is 0.191 e. The summed E-state index contributed by atoms with van der Waals surface area (Å²) < 4.78 is 11.2. The standard InChI is InChI=1S/C14H27N3O2.HI/c1-13(6-8-18-11-13)9-16-12(15-3)17-10-14(2)5-4-7-19-14;/h4-11H2,1-3H3,(H2,15,16,17);1H. The summed E-state index contributed by atoms with van der Waals surface area (Å²) in [4.78, 5) is 4.27. The topological polar surface area (TPSA) is 54.9 Å². The zero-order chi connectivity index (χ0) is 13.8. The van der Waals surface area contributed by atoms with Crippen LogP contribution in [-0.4, -0.2) is 51.5 Å². The molecule has 118 valence electrons. The molecule has 2 saturated heterocycles. The van der Waals surface area contributed by atoms with Crippen molar-refractivity contribution in [3.8, 4) is 0 Å². The number of hydrogen-bond acceptors (Lipinski definition) is 3. The number of rotatable bonds is 4. The Morgan fingerprint density at radius 1 is 1.15 bits per heavy atom. The van der Waals surface area contributed by atoms with Crippen LogP contribution in [0.5, 0.6) is 0 Å². The van der Waals surface area contributed by atoms with Crippen molar-refractivity contribution in [2.24, 2.45) is 10.4 Å². The molecule has 2 unspecified atom stereocenters. The minimum Gasteiger partial charge on any atom is -0.381 e. The summed E-state index contributed by atoms with van der Waals surface area (Å²) in [7, 11) is 1.81. The number of guanidine groups is 1. The van der Waals surface area contributed by atoms with E-state index in [1.165, 1.54) is 0 Å². The molecule has 2 heterocycles. The lowest BCUT2D eigenvalue weighted by molar-refractivity contribution is 0.0242. The summed E-state index contributed by atoms with van der Waals surface area (Å²) >= 11 is 0. The number of halogens is 1. The molecule has 2 rings (SSSR count). The van der Waals surface area contributed by atoms with Crippen molar-refractivity contribution in [2.75, 3.05) is 40.0 Å². The van der Waals surface area contributed by atoms with Gasteiger partial charge in [0.15, 0.2) is 5.96 Å². The first-order valence-corrected chi connectivity index (χ1v) is 7.22. The van der Waals surface area contributed by atoms with Crippen molar-refractivity contribution in [2.45, 2.75) is 38.7 Å². The summed E-state index contributed by atoms with van der Waals surface area (Å²) in [6.45, 7) is 8.69. The Morgan fingerprint density at radius 3 is 2.45 bits per heavy atom. The molecule has 2 N–H and O–H groups in total. The van der Waals surface area contributed by atoms with E-state index in [0.29, 0.717) is 0 Å². The molecular formula is C14H28IN3O2. The van der Waals surface area contributed by atoms with E-state index >= 15 is 0 Å². The molecule has 5 nitrogen and oxygen atoms in total. The second kappa shape index (κ2) is 7.79. The monoisotopic (exact) mass is 397 g/mol. The lowest BCUT2D eigenvalue weighted by Crippen LogP contribution is -2.48. The first-order valence-electron chi connectivity index (χ1n) is 7.22. The van der Waals surface area contributed by atoms with Gasteiger partial charge in [-0.05, 0) is 26.2 Å². The van der Waals surface area contributed by atoms with Crippen LogP contribution in [0.1, 0.15) is 33.1 Å². The summed E-state index contributed by atoms with van der Waals surface area (Å²) in [5.41, 5.74) is 0.184. The molecule has 2 aliphatic rings. The van der Waals surface area contributed by atoms with Crippen LogP contribution in [0.25, 0.3) is 0 Å². The van der Waals surface area contributed by atoms with Crippen LogP contribution in [0, 0.1) is 5.41 Å². The highest BCUT2D eigenvalue weighted by atomic mass is 127. The largest absolute Gasteiger partial charge is 0.381 e. The fraction of sp³-hybridized carbons (Fsp3) is 0.929. The van der Waals surface area contributed by atoms with Gasteiger partial charge in [0.25, 0.3) is 0 Å². The van der Waals surface area contributed by atoms with Gasteiger partial charge in [-0.1, -0.05) is 6.92 Å². The predicted molar refractivity (Wildman–Crippen MR) is 91.9 cm³/mol. The van der Waals surface area contributed by atoms with E-state index in [1.807, 2.05) is 0 Å². The van der Waals surface area contributed by atoms with Crippen molar-refractivity contribution in [3.63, 3.8) is 0 Å². The van der Waals surface area contributed by atoms with Gasteiger partial charge >= 0.3 is 0 Å². The second-order valence-corrected chi connectivity index (χ2v) is 6.29. The molecule has 2 fully saturated rings. The second-order valence-electron chi connectivity index (χ2n) is 6.29. The van der Waals surface area contributed by atoms with E-state index in [0.717, 1.165) is 58.1 Å². The van der Waals surface area contributed by atoms with Crippen molar-refractivity contribution < 1.29 is 9.47 Å². The lowest BCUT2D eigenvalue weighted by atomic mass is 9.90. The van der Waals surface area contributed by atoms with Crippen LogP contribution in [0.3, 0.4) is 0 Å². The van der Waals surface area contributed by atoms with Crippen LogP contribution >= 0.6 is 24.0 Å². The molecule has 2 atom stereocenters. The molecule has 0 aromatic carbocycles. The van der Waals surface area contributed by atoms with Crippen LogP contribution in [-0.2, 0) is 9.47 Å². The summed E-state index contributed by atoms with van der Waals surface area (Å²) in [6.07, 6.45) is 3.37. The first-order chi connectivity index (χ1) is 9.05. The molecule has 20 heavy (non-hydrogen) atoms. The Morgan fingerprint density at radius 2 is 1.90 bits per heavy atom. The fourth-order valence-corrected chi connectivity index (χ4v) is 2.61. The highest BCUT2D eigenvalue weighted by Gasteiger charge is 2.31. The smallest absolute Gasteiger partial charge is 0.191 e. The van der Waals surface area contributed by atoms with E-state index < -0.39 is 0 Å². The van der Waals surface area contributed by atoms with E-state index in [9.17, 15) is 0 Å². The maximum absolute atomic E-state index is 5.77. The van der Waals surface area contributed by atoms with Gasteiger partial charge in [0, 0.05) is 38.8 Å². The summed E-state index contributed by atoms with van der Waals surface area (Å²) in [5, 5.41) is 6.76. The van der Waals surface area contributed by atoms with Crippen LogP contribution in [0.15, 0.2) is 4.99 Å². The molecule has 0 saturated carbocycles. The van der Waals surface area contributed by atoms with Gasteiger partial charge in [-0.25, -0.2) is 0 Å². The average molecular weight is 397 g/mol. The molecule has 0 bridgehead atoms. The predicted octanol–water partition coefficient (Wildman–Crippen LogP) is 1.77. The molecule has 6 heteroatoms. The first kappa shape index (κ1) is 18.0. The Balaban J connectivity index is 0.00000200. The maximum atomic E-state index is 5.77. The lowest BCUT2D eigenvalue weighted by Gasteiger charge is -2.27. The Kier molecular flexibility index (Phi) is 7.00. The Labute approximate surface area is 139 Å². The van der Waals surface area contributed by atoms with Crippen molar-refractivity contribution in [1.29, 1.82) is 0 Å². The van der Waals surface area contributed by atoms with Gasteiger partial charge in [-0.2, -0.15) is 0 Å². The van der Waals surface area contributed by atoms with Gasteiger partial charge < -0.3 is 20.1 Å². The van der Waals surface area contributed by atoms with Crippen molar-refractivity contribution in [3.05, 3.63) is 0 Å². The number of hydrogen-bond donors (Lipinski definition) is 2. The zero-order valence-electron chi connectivity index (χ0n) is 12.8. The Bertz CT molecular complexity index is 296. The number of aliphatic imine (C=N–C) groups is 1. The van der Waals surface area contributed by atoms with Gasteiger partial charge in [-0.15, -0.1) is 24.0 Å². The summed E-state index contributed by atoms with van der Waals surface area (Å²) in [5.74, 6) is 0.852. The third-order valence-electron chi connectivity index (χ3n) is 4.14. The number of ether oxygens (including phenoxy) is 2. The third kappa shape index (κ3) is 5.04. The number of nitrogens with zero attached hydrogens (tertiary/aromatic N) is 1. The quantitative estimate of drug-likeness (QED) is 0.431. The molecule has 0 spiro atoms. The SMILES string of the molecule is CN=C(NCC1(C)CCOC1)NCC1(C)CCCO1.I. The molecule has 2 aliphatic heterocycles. The van der Waals surface area contributed by atoms with Gasteiger partial charge in [0.05, 0.1) is 12.2 Å². The minimum absolute atomic E-state index is 0. The van der Waals surface area contributed by atoms with Gasteiger partial charge in [0.1, 0.15) is 0 Å². The third-order valence-corrected chi connectivity index (χ3v) is 4.14. The van der Waals surface area contributed by atoms with E-state index in [4.69, 9.17) is 9.47 Å². The highest BCUT2D eigenvalue weighted by molar-refractivity contribution is 14.0. The van der Waals surface area contributed by atoms with Crippen LogP contribution in [0.2, 0.25) is 0 Å². The van der Waals surface area contributed by atoms with Crippen LogP contribution in [0.4, 0.5) is 0 Å². The van der Waals surface area contributed by atoms with E-state index in [1.54, 1.807) is 7.05 Å². The molecule has 0 aromatic rings. The molecular weight excluding hydrogens is 369 g/mol. The summed E-state index contributed by atoms with van der Waals surface area (Å²) in [6, 6.07) is 0. The highest BCUT2D eigenvalue weighted by Crippen LogP contribution is 2.26. The molecule has 0 radical (unpaired) electrons. The van der Waals surface area contributed by atoms with Crippen molar-refractivity contribution >= 4 is 29.9 Å².